The second-order valence-electron chi connectivity index (χ2n) is 3.04. The quantitative estimate of drug-likeness (QED) is 0.672. The van der Waals surface area contributed by atoms with Gasteiger partial charge in [-0.1, -0.05) is 0 Å². The molecule has 1 saturated heterocycles. The highest BCUT2D eigenvalue weighted by atomic mass is 32.2. The van der Waals surface area contributed by atoms with Gasteiger partial charge in [0, 0.05) is 19.6 Å². The molecule has 1 aliphatic rings. The average molecular weight is 195 g/mol. The van der Waals surface area contributed by atoms with Gasteiger partial charge in [-0.05, 0) is 12.8 Å². The fourth-order valence-electron chi connectivity index (χ4n) is 1.33. The van der Waals surface area contributed by atoms with Crippen LogP contribution in [0.1, 0.15) is 12.8 Å². The van der Waals surface area contributed by atoms with Gasteiger partial charge in [0.05, 0.1) is 5.75 Å². The number of rotatable bonds is 3. The van der Waals surface area contributed by atoms with Crippen molar-refractivity contribution in [2.24, 2.45) is 0 Å². The van der Waals surface area contributed by atoms with Crippen molar-refractivity contribution in [1.29, 1.82) is 0 Å². The fraction of sp³-hybridized carbons (Fsp3) is 1.00. The average Bonchev–Trinajstić information content (AvgIpc) is 2.03. The monoisotopic (exact) mass is 195 g/mol. The molecule has 1 atom stereocenters. The molecule has 1 heterocycles. The molecule has 1 rings (SSSR count). The van der Waals surface area contributed by atoms with Gasteiger partial charge < -0.3 is 9.45 Å². The molecule has 72 valence electrons. The predicted molar refractivity (Wildman–Crippen MR) is 46.2 cm³/mol. The molecule has 0 bridgehead atoms. The second kappa shape index (κ2) is 4.89. The number of likely N-dealkylation sites (tertiary alicyclic amines) is 1. The van der Waals surface area contributed by atoms with Gasteiger partial charge in [-0.15, -0.1) is 0 Å². The summed E-state index contributed by atoms with van der Waals surface area (Å²) in [7, 11) is 0. The van der Waals surface area contributed by atoms with Crippen molar-refractivity contribution in [2.75, 3.05) is 25.4 Å². The van der Waals surface area contributed by atoms with Gasteiger partial charge >= 0.3 is 0 Å². The molecule has 12 heavy (non-hydrogen) atoms. The normalized spacial score (nSPS) is 24.2. The van der Waals surface area contributed by atoms with E-state index < -0.39 is 17.3 Å². The Hall–Kier alpha value is -0.0000000000000000555. The van der Waals surface area contributed by atoms with Crippen LogP contribution in [-0.4, -0.2) is 45.2 Å². The molecule has 1 fully saturated rings. The van der Waals surface area contributed by atoms with Gasteiger partial charge in [0.15, 0.2) is 11.1 Å². The van der Waals surface area contributed by atoms with Gasteiger partial charge in [-0.2, -0.15) is 0 Å². The van der Waals surface area contributed by atoms with Crippen LogP contribution in [0.25, 0.3) is 0 Å². The van der Waals surface area contributed by atoms with Crippen LogP contribution in [0.2, 0.25) is 0 Å². The highest BCUT2D eigenvalue weighted by Crippen LogP contribution is 2.12. The van der Waals surface area contributed by atoms with Gasteiger partial charge in [0.25, 0.3) is 0 Å². The van der Waals surface area contributed by atoms with Crippen LogP contribution in [0.3, 0.4) is 0 Å². The smallest absolute Gasteiger partial charge is 0.154 e. The number of hydrogen-bond acceptors (Lipinski definition) is 2. The third-order valence-corrected chi connectivity index (χ3v) is 2.63. The van der Waals surface area contributed by atoms with Crippen molar-refractivity contribution in [3.8, 4) is 0 Å². The maximum Gasteiger partial charge on any atom is 0.154 e. The summed E-state index contributed by atoms with van der Waals surface area (Å²) < 4.78 is 31.4. The van der Waals surface area contributed by atoms with E-state index in [1.165, 1.54) is 0 Å². The molecule has 0 amide bonds. The lowest BCUT2D eigenvalue weighted by atomic mass is 10.1. The summed E-state index contributed by atoms with van der Waals surface area (Å²) in [5.41, 5.74) is 0. The van der Waals surface area contributed by atoms with Crippen LogP contribution < -0.4 is 0 Å². The van der Waals surface area contributed by atoms with E-state index in [1.807, 2.05) is 4.90 Å². The van der Waals surface area contributed by atoms with Crippen molar-refractivity contribution >= 4 is 11.1 Å². The summed E-state index contributed by atoms with van der Waals surface area (Å²) in [4.78, 5) is 2.03. The first-order valence-corrected chi connectivity index (χ1v) is 5.40. The van der Waals surface area contributed by atoms with Crippen LogP contribution >= 0.6 is 0 Å². The minimum atomic E-state index is -1.71. The first-order valence-electron chi connectivity index (χ1n) is 4.12. The van der Waals surface area contributed by atoms with Crippen LogP contribution in [0.5, 0.6) is 0 Å². The number of nitrogens with zero attached hydrogens (tertiary/aromatic N) is 1. The zero-order chi connectivity index (χ0) is 8.97. The first kappa shape index (κ1) is 10.1. The van der Waals surface area contributed by atoms with Gasteiger partial charge in [0.1, 0.15) is 6.17 Å². The van der Waals surface area contributed by atoms with Crippen LogP contribution in [0, 0.1) is 0 Å². The Balaban J connectivity index is 2.13. The molecule has 0 radical (unpaired) electrons. The highest BCUT2D eigenvalue weighted by Gasteiger charge is 2.17. The minimum Gasteiger partial charge on any atom is -0.306 e. The molecule has 0 saturated carbocycles. The molecule has 3 nitrogen and oxygen atoms in total. The molecule has 0 aromatic rings. The van der Waals surface area contributed by atoms with E-state index in [-0.39, 0.29) is 5.75 Å². The Bertz CT molecular complexity index is 159. The maximum absolute atomic E-state index is 12.6. The molecular formula is C7H14FNO2S. The lowest BCUT2D eigenvalue weighted by Crippen LogP contribution is -2.36. The van der Waals surface area contributed by atoms with Crippen LogP contribution in [0.15, 0.2) is 0 Å². The van der Waals surface area contributed by atoms with Crippen molar-refractivity contribution in [1.82, 2.24) is 4.90 Å². The van der Waals surface area contributed by atoms with Gasteiger partial charge in [-0.3, -0.25) is 0 Å². The number of halogens is 1. The summed E-state index contributed by atoms with van der Waals surface area (Å²) in [6.45, 7) is 2.05. The van der Waals surface area contributed by atoms with Gasteiger partial charge in [0.2, 0.25) is 0 Å². The number of hydrogen-bond donors (Lipinski definition) is 1. The molecule has 1 aliphatic heterocycles. The van der Waals surface area contributed by atoms with Gasteiger partial charge in [-0.25, -0.2) is 8.60 Å². The van der Waals surface area contributed by atoms with Crippen molar-refractivity contribution in [3.63, 3.8) is 0 Å². The molecule has 0 aromatic heterocycles. The molecule has 5 heteroatoms. The zero-order valence-corrected chi connectivity index (χ0v) is 7.73. The topological polar surface area (TPSA) is 40.5 Å². The van der Waals surface area contributed by atoms with E-state index in [4.69, 9.17) is 4.55 Å². The summed E-state index contributed by atoms with van der Waals surface area (Å²) in [6.07, 6.45) is 0.469. The number of alkyl halides is 1. The van der Waals surface area contributed by atoms with Crippen molar-refractivity contribution in [2.45, 2.75) is 19.0 Å². The van der Waals surface area contributed by atoms with Crippen LogP contribution in [-0.2, 0) is 11.1 Å². The lowest BCUT2D eigenvalue weighted by molar-refractivity contribution is 0.157. The largest absolute Gasteiger partial charge is 0.306 e. The first-order chi connectivity index (χ1) is 5.68. The van der Waals surface area contributed by atoms with E-state index in [9.17, 15) is 8.60 Å². The molecule has 0 aromatic carbocycles. The van der Waals surface area contributed by atoms with E-state index >= 15 is 0 Å². The Morgan fingerprint density at radius 3 is 2.58 bits per heavy atom. The Kier molecular flexibility index (Phi) is 4.11. The van der Waals surface area contributed by atoms with E-state index in [0.29, 0.717) is 19.4 Å². The molecule has 1 unspecified atom stereocenters. The highest BCUT2D eigenvalue weighted by molar-refractivity contribution is 7.79. The molecular weight excluding hydrogens is 181 g/mol. The molecule has 0 spiro atoms. The van der Waals surface area contributed by atoms with Crippen LogP contribution in [0.4, 0.5) is 4.39 Å². The van der Waals surface area contributed by atoms with E-state index in [2.05, 4.69) is 0 Å². The summed E-state index contributed by atoms with van der Waals surface area (Å²) in [6, 6.07) is 0. The van der Waals surface area contributed by atoms with Crippen molar-refractivity contribution < 1.29 is 13.2 Å². The zero-order valence-electron chi connectivity index (χ0n) is 6.91. The minimum absolute atomic E-state index is 0.275. The number of piperidine rings is 1. The van der Waals surface area contributed by atoms with Crippen molar-refractivity contribution in [3.05, 3.63) is 0 Å². The third kappa shape index (κ3) is 3.60. The second-order valence-corrected chi connectivity index (χ2v) is 4.09. The Morgan fingerprint density at radius 1 is 1.50 bits per heavy atom. The molecule has 0 aliphatic carbocycles. The van der Waals surface area contributed by atoms with E-state index in [0.717, 1.165) is 13.1 Å². The van der Waals surface area contributed by atoms with E-state index in [1.54, 1.807) is 0 Å². The molecule has 1 N–H and O–H groups in total. The predicted octanol–water partition coefficient (Wildman–Crippen LogP) is 0.642. The summed E-state index contributed by atoms with van der Waals surface area (Å²) in [5, 5.41) is 0. The lowest BCUT2D eigenvalue weighted by Gasteiger charge is -2.27. The summed E-state index contributed by atoms with van der Waals surface area (Å²) >= 11 is -1.71. The maximum atomic E-state index is 12.6. The summed E-state index contributed by atoms with van der Waals surface area (Å²) in [5.74, 6) is 0.275. The fourth-order valence-corrected chi connectivity index (χ4v) is 1.75. The Morgan fingerprint density at radius 2 is 2.08 bits per heavy atom. The SMILES string of the molecule is O=S(O)CCN1CCC(F)CC1. The third-order valence-electron chi connectivity index (χ3n) is 2.10. The standard InChI is InChI=1S/C7H14FNO2S/c8-7-1-3-9(4-2-7)5-6-12(10)11/h7H,1-6H2,(H,10,11). The Labute approximate surface area is 74.2 Å².